The van der Waals surface area contributed by atoms with Gasteiger partial charge in [-0.25, -0.2) is 0 Å². The lowest BCUT2D eigenvalue weighted by Crippen LogP contribution is -2.66. The van der Waals surface area contributed by atoms with Crippen molar-refractivity contribution in [1.82, 2.24) is 10.4 Å². The van der Waals surface area contributed by atoms with Crippen LogP contribution in [-0.2, 0) is 41.7 Å². The number of carbonyl (C=O) groups excluding carboxylic acids is 3. The number of fused-ring (bicyclic) bond motifs is 3. The largest absolute Gasteiger partial charge is 0.508 e. The van der Waals surface area contributed by atoms with Gasteiger partial charge in [0.05, 0.1) is 24.8 Å². The van der Waals surface area contributed by atoms with Crippen LogP contribution in [0.3, 0.4) is 0 Å². The van der Waals surface area contributed by atoms with E-state index in [0.29, 0.717) is 18.8 Å². The molecule has 4 rings (SSSR count). The third-order valence-corrected chi connectivity index (χ3v) is 7.74. The van der Waals surface area contributed by atoms with E-state index in [-0.39, 0.29) is 36.3 Å². The Morgan fingerprint density at radius 2 is 1.89 bits per heavy atom. The average Bonchev–Trinajstić information content (AvgIpc) is 2.84. The van der Waals surface area contributed by atoms with Crippen LogP contribution in [0.2, 0.25) is 0 Å². The number of hydrogen-bond acceptors (Lipinski definition) is 11. The van der Waals surface area contributed by atoms with Gasteiger partial charge in [-0.2, -0.15) is 5.48 Å². The van der Waals surface area contributed by atoms with Gasteiger partial charge in [-0.3, -0.25) is 24.1 Å². The number of phenolic OH excluding ortho intramolecular Hbond substituents is 1. The van der Waals surface area contributed by atoms with Crippen molar-refractivity contribution in [1.29, 1.82) is 0 Å². The van der Waals surface area contributed by atoms with E-state index in [1.807, 2.05) is 0 Å². The van der Waals surface area contributed by atoms with Crippen LogP contribution in [0, 0.1) is 11.8 Å². The molecule has 3 aliphatic rings. The Bertz CT molecular complexity index is 1240. The number of aliphatic hydroxyl groups excluding tert-OH is 2. The lowest BCUT2D eigenvalue weighted by molar-refractivity contribution is -0.159. The first-order chi connectivity index (χ1) is 18.0. The Balaban J connectivity index is 1.85. The van der Waals surface area contributed by atoms with E-state index in [9.17, 15) is 29.7 Å². The predicted octanol–water partition coefficient (Wildman–Crippen LogP) is 0.286. The lowest BCUT2D eigenvalue weighted by atomic mass is 9.57. The summed E-state index contributed by atoms with van der Waals surface area (Å²) < 4.78 is 10.6. The minimum Gasteiger partial charge on any atom is -0.508 e. The van der Waals surface area contributed by atoms with Crippen LogP contribution in [-0.4, -0.2) is 90.9 Å². The number of hydroxylamine groups is 1. The number of nitrogens with one attached hydrogen (secondary N) is 1. The molecule has 0 radical (unpaired) electrons. The summed E-state index contributed by atoms with van der Waals surface area (Å²) in [6.07, 6.45) is 0.428. The number of nitrogens with zero attached hydrogens (tertiary/aromatic N) is 1. The SMILES string of the molecule is COCCONCc1ccc(O)c2c1C[C@H]1C[C@H]3[C@H](N(C)C)C(=O)C(C(N)=O)=C(O)[C@@]3(OC)C(=O)C1=C2O. The number of phenols is 1. The molecule has 0 aliphatic heterocycles. The Labute approximate surface area is 219 Å². The first kappa shape index (κ1) is 27.7. The summed E-state index contributed by atoms with van der Waals surface area (Å²) >= 11 is 0. The third kappa shape index (κ3) is 4.09. The van der Waals surface area contributed by atoms with Crippen molar-refractivity contribution in [3.63, 3.8) is 0 Å². The molecule has 4 atom stereocenters. The van der Waals surface area contributed by atoms with Gasteiger partial charge < -0.3 is 30.5 Å². The van der Waals surface area contributed by atoms with Gasteiger partial charge >= 0.3 is 0 Å². The van der Waals surface area contributed by atoms with E-state index in [4.69, 9.17) is 20.0 Å². The topological polar surface area (TPSA) is 181 Å². The fraction of sp³-hybridized carbons (Fsp3) is 0.500. The van der Waals surface area contributed by atoms with Gasteiger partial charge in [-0.15, -0.1) is 0 Å². The highest BCUT2D eigenvalue weighted by molar-refractivity contribution is 6.24. The molecule has 38 heavy (non-hydrogen) atoms. The number of Topliss-reactive ketones (excluding diaryl/α,β-unsaturated/α-hetero) is 2. The van der Waals surface area contributed by atoms with Gasteiger partial charge in [0.2, 0.25) is 5.78 Å². The monoisotopic (exact) mass is 531 g/mol. The fourth-order valence-corrected chi connectivity index (χ4v) is 6.12. The van der Waals surface area contributed by atoms with Crippen molar-refractivity contribution in [3.8, 4) is 5.75 Å². The Hall–Kier alpha value is -3.29. The second-order valence-corrected chi connectivity index (χ2v) is 9.89. The number of rotatable bonds is 9. The minimum atomic E-state index is -2.12. The molecule has 1 amide bonds. The number of primary amides is 1. The zero-order valence-electron chi connectivity index (χ0n) is 21.7. The Kier molecular flexibility index (Phi) is 7.64. The number of carbonyl (C=O) groups is 3. The maximum Gasteiger partial charge on any atom is 0.255 e. The van der Waals surface area contributed by atoms with Crippen LogP contribution in [0.5, 0.6) is 5.75 Å². The number of amides is 1. The van der Waals surface area contributed by atoms with Crippen LogP contribution in [0.4, 0.5) is 0 Å². The molecule has 12 heteroatoms. The van der Waals surface area contributed by atoms with E-state index < -0.39 is 58.0 Å². The molecule has 1 aromatic carbocycles. The number of nitrogens with two attached hydrogens (primary N) is 1. The van der Waals surface area contributed by atoms with Crippen LogP contribution in [0.1, 0.15) is 23.1 Å². The van der Waals surface area contributed by atoms with Gasteiger partial charge in [-0.05, 0) is 50.0 Å². The molecule has 1 fully saturated rings. The first-order valence-corrected chi connectivity index (χ1v) is 12.2. The second-order valence-electron chi connectivity index (χ2n) is 9.89. The fourth-order valence-electron chi connectivity index (χ4n) is 6.12. The standard InChI is InChI=1S/C26H33N3O9/c1-29(2)20-15-10-13-9-14-12(11-28-38-8-7-36-3)5-6-16(30)18(14)21(31)17(13)23(33)26(15,37-4)24(34)19(22(20)32)25(27)35/h5-6,13,15,20,28,30-31,34H,7-11H2,1-4H3,(H2,27,35)/t13-,15-,20-,26-/m0/s1. The summed E-state index contributed by atoms with van der Waals surface area (Å²) in [5.41, 5.74) is 6.86. The van der Waals surface area contributed by atoms with Crippen molar-refractivity contribution in [2.45, 2.75) is 31.0 Å². The van der Waals surface area contributed by atoms with Crippen molar-refractivity contribution in [2.75, 3.05) is 41.5 Å². The molecular weight excluding hydrogens is 498 g/mol. The van der Waals surface area contributed by atoms with Gasteiger partial charge in [0.1, 0.15) is 22.8 Å². The van der Waals surface area contributed by atoms with Crippen molar-refractivity contribution < 1.29 is 44.0 Å². The maximum atomic E-state index is 14.1. The lowest BCUT2D eigenvalue weighted by Gasteiger charge is -2.52. The van der Waals surface area contributed by atoms with Crippen molar-refractivity contribution in [3.05, 3.63) is 45.7 Å². The van der Waals surface area contributed by atoms with Crippen molar-refractivity contribution >= 4 is 23.2 Å². The van der Waals surface area contributed by atoms with Crippen LogP contribution in [0.15, 0.2) is 29.0 Å². The van der Waals surface area contributed by atoms with E-state index >= 15 is 0 Å². The highest BCUT2D eigenvalue weighted by atomic mass is 16.7. The molecule has 206 valence electrons. The summed E-state index contributed by atoms with van der Waals surface area (Å²) in [7, 11) is 6.00. The smallest absolute Gasteiger partial charge is 0.255 e. The zero-order valence-corrected chi connectivity index (χ0v) is 21.7. The number of ether oxygens (including phenoxy) is 2. The molecule has 6 N–H and O–H groups in total. The molecule has 0 bridgehead atoms. The molecule has 1 aromatic rings. The van der Waals surface area contributed by atoms with E-state index in [1.54, 1.807) is 32.2 Å². The predicted molar refractivity (Wildman–Crippen MR) is 134 cm³/mol. The van der Waals surface area contributed by atoms with Crippen molar-refractivity contribution in [2.24, 2.45) is 17.6 Å². The average molecular weight is 532 g/mol. The van der Waals surface area contributed by atoms with Crippen LogP contribution in [0.25, 0.3) is 5.76 Å². The Morgan fingerprint density at radius 1 is 1.18 bits per heavy atom. The molecular formula is C26H33N3O9. The van der Waals surface area contributed by atoms with Crippen LogP contribution >= 0.6 is 0 Å². The summed E-state index contributed by atoms with van der Waals surface area (Å²) in [5, 5.41) is 33.2. The normalized spacial score (nSPS) is 26.9. The molecule has 0 heterocycles. The first-order valence-electron chi connectivity index (χ1n) is 12.2. The summed E-state index contributed by atoms with van der Waals surface area (Å²) in [4.78, 5) is 46.6. The summed E-state index contributed by atoms with van der Waals surface area (Å²) in [5.74, 6) is -5.63. The number of aliphatic hydroxyl groups is 2. The van der Waals surface area contributed by atoms with E-state index in [0.717, 1.165) is 5.56 Å². The van der Waals surface area contributed by atoms with E-state index in [1.165, 1.54) is 13.2 Å². The molecule has 3 aliphatic carbocycles. The molecule has 12 nitrogen and oxygen atoms in total. The highest BCUT2D eigenvalue weighted by Gasteiger charge is 2.65. The molecule has 0 spiro atoms. The summed E-state index contributed by atoms with van der Waals surface area (Å²) in [6, 6.07) is 2.11. The summed E-state index contributed by atoms with van der Waals surface area (Å²) in [6.45, 7) is 0.963. The van der Waals surface area contributed by atoms with Crippen LogP contribution < -0.4 is 11.2 Å². The maximum absolute atomic E-state index is 14.1. The zero-order chi connectivity index (χ0) is 27.9. The second kappa shape index (κ2) is 10.5. The van der Waals surface area contributed by atoms with Gasteiger partial charge in [-0.1, -0.05) is 6.07 Å². The number of likely N-dealkylation sites (N-methyl/N-ethyl adjacent to an activating group) is 1. The quantitative estimate of drug-likeness (QED) is 0.168. The third-order valence-electron chi connectivity index (χ3n) is 7.74. The van der Waals surface area contributed by atoms with Gasteiger partial charge in [0, 0.05) is 32.3 Å². The molecule has 0 aromatic heterocycles. The van der Waals surface area contributed by atoms with Gasteiger partial charge in [0.15, 0.2) is 11.4 Å². The van der Waals surface area contributed by atoms with Gasteiger partial charge in [0.25, 0.3) is 5.91 Å². The Morgan fingerprint density at radius 3 is 2.50 bits per heavy atom. The number of benzene rings is 1. The number of methoxy groups -OCH3 is 2. The molecule has 0 unspecified atom stereocenters. The minimum absolute atomic E-state index is 0.0467. The molecule has 0 saturated heterocycles. The highest BCUT2D eigenvalue weighted by Crippen LogP contribution is 2.54. The number of ketones is 2. The molecule has 1 saturated carbocycles. The number of aromatic hydroxyl groups is 1. The number of hydrogen-bond donors (Lipinski definition) is 5. The van der Waals surface area contributed by atoms with E-state index in [2.05, 4.69) is 5.48 Å².